The molecule has 0 aliphatic rings. The predicted octanol–water partition coefficient (Wildman–Crippen LogP) is 3.13. The fourth-order valence-corrected chi connectivity index (χ4v) is 3.53. The Morgan fingerprint density at radius 3 is 2.43 bits per heavy atom. The molecule has 0 bridgehead atoms. The quantitative estimate of drug-likeness (QED) is 0.369. The van der Waals surface area contributed by atoms with Crippen LogP contribution in [0.3, 0.4) is 0 Å². The third-order valence-corrected chi connectivity index (χ3v) is 5.37. The van der Waals surface area contributed by atoms with Gasteiger partial charge in [0.05, 0.1) is 5.69 Å². The van der Waals surface area contributed by atoms with E-state index in [4.69, 9.17) is 9.47 Å². The van der Waals surface area contributed by atoms with Crippen molar-refractivity contribution in [2.24, 2.45) is 0 Å². The molecule has 3 rings (SSSR count). The van der Waals surface area contributed by atoms with Crippen LogP contribution in [0, 0.1) is 5.82 Å². The molecule has 4 amide bonds. The summed E-state index contributed by atoms with van der Waals surface area (Å²) in [6, 6.07) is 14.7. The highest BCUT2D eigenvalue weighted by atomic mass is 32.1. The Hall–Kier alpha value is -4.25. The second-order valence-corrected chi connectivity index (χ2v) is 8.05. The van der Waals surface area contributed by atoms with Crippen LogP contribution in [0.1, 0.15) is 15.2 Å². The second-order valence-electron chi connectivity index (χ2n) is 7.02. The summed E-state index contributed by atoms with van der Waals surface area (Å²) in [5, 5.41) is 8.91. The summed E-state index contributed by atoms with van der Waals surface area (Å²) in [5.41, 5.74) is -0.0326. The van der Waals surface area contributed by atoms with Gasteiger partial charge in [-0.05, 0) is 42.1 Å². The minimum Gasteiger partial charge on any atom is -0.483 e. The lowest BCUT2D eigenvalue weighted by molar-refractivity contribution is -0.123. The number of urea groups is 1. The van der Waals surface area contributed by atoms with E-state index in [0.29, 0.717) is 13.0 Å². The molecule has 11 heteroatoms. The minimum atomic E-state index is -0.886. The normalized spacial score (nSPS) is 10.2. The van der Waals surface area contributed by atoms with Crippen LogP contribution >= 0.6 is 11.3 Å². The van der Waals surface area contributed by atoms with Crippen molar-refractivity contribution in [2.75, 3.05) is 25.1 Å². The van der Waals surface area contributed by atoms with E-state index in [1.54, 1.807) is 29.5 Å². The van der Waals surface area contributed by atoms with Crippen molar-refractivity contribution in [1.29, 1.82) is 0 Å². The van der Waals surface area contributed by atoms with Crippen LogP contribution in [0.25, 0.3) is 0 Å². The summed E-state index contributed by atoms with van der Waals surface area (Å²) in [7, 11) is 0. The van der Waals surface area contributed by atoms with E-state index in [0.717, 1.165) is 4.88 Å². The monoisotopic (exact) mass is 499 g/mol. The van der Waals surface area contributed by atoms with E-state index < -0.39 is 42.8 Å². The molecule has 182 valence electrons. The van der Waals surface area contributed by atoms with Gasteiger partial charge in [0, 0.05) is 11.4 Å². The Kier molecular flexibility index (Phi) is 9.31. The Bertz CT molecular complexity index is 1190. The van der Waals surface area contributed by atoms with E-state index in [9.17, 15) is 23.6 Å². The SMILES string of the molecule is O=C(COC(=O)c1ccccc1OCC(=O)Nc1ccccc1F)NC(=O)NCCc1cccs1. The van der Waals surface area contributed by atoms with Gasteiger partial charge in [0.15, 0.2) is 13.2 Å². The number of anilines is 1. The third kappa shape index (κ3) is 8.23. The predicted molar refractivity (Wildman–Crippen MR) is 127 cm³/mol. The van der Waals surface area contributed by atoms with Gasteiger partial charge in [-0.25, -0.2) is 14.0 Å². The summed E-state index contributed by atoms with van der Waals surface area (Å²) in [5.74, 6) is -2.90. The molecular weight excluding hydrogens is 477 g/mol. The molecule has 0 fully saturated rings. The summed E-state index contributed by atoms with van der Waals surface area (Å²) < 4.78 is 24.0. The van der Waals surface area contributed by atoms with Crippen LogP contribution in [0.5, 0.6) is 5.75 Å². The number of halogens is 1. The molecule has 3 N–H and O–H groups in total. The van der Waals surface area contributed by atoms with Crippen LogP contribution in [0.15, 0.2) is 66.0 Å². The Morgan fingerprint density at radius 1 is 0.886 bits per heavy atom. The van der Waals surface area contributed by atoms with Crippen molar-refractivity contribution in [2.45, 2.75) is 6.42 Å². The first-order chi connectivity index (χ1) is 16.9. The number of rotatable bonds is 10. The van der Waals surface area contributed by atoms with Crippen molar-refractivity contribution < 1.29 is 33.0 Å². The number of amides is 4. The maximum absolute atomic E-state index is 13.7. The minimum absolute atomic E-state index is 0.00429. The van der Waals surface area contributed by atoms with Gasteiger partial charge in [-0.15, -0.1) is 11.3 Å². The fourth-order valence-electron chi connectivity index (χ4n) is 2.82. The molecule has 9 nitrogen and oxygen atoms in total. The summed E-state index contributed by atoms with van der Waals surface area (Å²) in [6.45, 7) is -0.849. The standard InChI is InChI=1S/C24H22FN3O6S/c25-18-8-2-3-9-19(18)27-21(29)14-33-20-10-4-1-7-17(20)23(31)34-15-22(30)28-24(32)26-12-11-16-6-5-13-35-16/h1-10,13H,11-12,14-15H2,(H,27,29)(H2,26,28,30,32). The van der Waals surface area contributed by atoms with Gasteiger partial charge < -0.3 is 20.1 Å². The molecule has 1 heterocycles. The molecule has 0 saturated carbocycles. The van der Waals surface area contributed by atoms with Gasteiger partial charge in [-0.2, -0.15) is 0 Å². The van der Waals surface area contributed by atoms with Crippen LogP contribution in [0.4, 0.5) is 14.9 Å². The van der Waals surface area contributed by atoms with E-state index in [1.165, 1.54) is 30.3 Å². The Morgan fingerprint density at radius 2 is 1.66 bits per heavy atom. The molecule has 0 atom stereocenters. The molecule has 0 aliphatic heterocycles. The fraction of sp³-hybridized carbons (Fsp3) is 0.167. The summed E-state index contributed by atoms with van der Waals surface area (Å²) >= 11 is 1.56. The highest BCUT2D eigenvalue weighted by molar-refractivity contribution is 7.09. The number of benzene rings is 2. The van der Waals surface area contributed by atoms with Crippen LogP contribution in [-0.4, -0.2) is 43.6 Å². The number of carbonyl (C=O) groups excluding carboxylic acids is 4. The summed E-state index contributed by atoms with van der Waals surface area (Å²) in [4.78, 5) is 49.3. The molecule has 0 aliphatic carbocycles. The second kappa shape index (κ2) is 12.8. The number of hydrogen-bond acceptors (Lipinski definition) is 7. The number of thiophene rings is 1. The maximum atomic E-state index is 13.7. The van der Waals surface area contributed by atoms with Gasteiger partial charge in [0.25, 0.3) is 11.8 Å². The van der Waals surface area contributed by atoms with Gasteiger partial charge in [0.1, 0.15) is 17.1 Å². The number of carbonyl (C=O) groups is 4. The molecule has 0 spiro atoms. The summed E-state index contributed by atoms with van der Waals surface area (Å²) in [6.07, 6.45) is 0.628. The smallest absolute Gasteiger partial charge is 0.342 e. The third-order valence-electron chi connectivity index (χ3n) is 4.44. The van der Waals surface area contributed by atoms with E-state index >= 15 is 0 Å². The molecule has 35 heavy (non-hydrogen) atoms. The van der Waals surface area contributed by atoms with Crippen molar-refractivity contribution in [1.82, 2.24) is 10.6 Å². The van der Waals surface area contributed by atoms with Gasteiger partial charge >= 0.3 is 12.0 Å². The first-order valence-corrected chi connectivity index (χ1v) is 11.3. The number of imide groups is 1. The number of hydrogen-bond donors (Lipinski definition) is 3. The van der Waals surface area contributed by atoms with Crippen molar-refractivity contribution >= 4 is 40.8 Å². The average Bonchev–Trinajstić information content (AvgIpc) is 3.36. The molecule has 0 radical (unpaired) electrons. The van der Waals surface area contributed by atoms with Crippen molar-refractivity contribution in [3.05, 3.63) is 82.3 Å². The highest BCUT2D eigenvalue weighted by Crippen LogP contribution is 2.19. The number of esters is 1. The Balaban J connectivity index is 1.43. The van der Waals surface area contributed by atoms with Crippen molar-refractivity contribution in [3.63, 3.8) is 0 Å². The zero-order chi connectivity index (χ0) is 25.0. The van der Waals surface area contributed by atoms with Gasteiger partial charge in [0.2, 0.25) is 0 Å². The number of para-hydroxylation sites is 2. The topological polar surface area (TPSA) is 123 Å². The lowest BCUT2D eigenvalue weighted by atomic mass is 10.2. The molecule has 2 aromatic carbocycles. The lowest BCUT2D eigenvalue weighted by Crippen LogP contribution is -2.42. The molecule has 0 unspecified atom stereocenters. The van der Waals surface area contributed by atoms with Gasteiger partial charge in [-0.1, -0.05) is 30.3 Å². The molecule has 3 aromatic rings. The van der Waals surface area contributed by atoms with Gasteiger partial charge in [-0.3, -0.25) is 14.9 Å². The molecule has 0 saturated heterocycles. The molecular formula is C24H22FN3O6S. The average molecular weight is 500 g/mol. The number of ether oxygens (including phenoxy) is 2. The van der Waals surface area contributed by atoms with Crippen LogP contribution in [-0.2, 0) is 20.7 Å². The first-order valence-electron chi connectivity index (χ1n) is 10.5. The zero-order valence-corrected chi connectivity index (χ0v) is 19.2. The van der Waals surface area contributed by atoms with E-state index in [1.807, 2.05) is 17.5 Å². The van der Waals surface area contributed by atoms with Crippen LogP contribution in [0.2, 0.25) is 0 Å². The highest BCUT2D eigenvalue weighted by Gasteiger charge is 2.17. The Labute approximate surface area is 204 Å². The largest absolute Gasteiger partial charge is 0.483 e. The first kappa shape index (κ1) is 25.4. The van der Waals surface area contributed by atoms with E-state index in [2.05, 4.69) is 16.0 Å². The molecule has 1 aromatic heterocycles. The van der Waals surface area contributed by atoms with Crippen LogP contribution < -0.4 is 20.7 Å². The maximum Gasteiger partial charge on any atom is 0.342 e. The zero-order valence-electron chi connectivity index (χ0n) is 18.4. The lowest BCUT2D eigenvalue weighted by Gasteiger charge is -2.12. The van der Waals surface area contributed by atoms with Crippen molar-refractivity contribution in [3.8, 4) is 5.75 Å². The van der Waals surface area contributed by atoms with E-state index in [-0.39, 0.29) is 17.0 Å². The number of nitrogens with one attached hydrogen (secondary N) is 3.